The van der Waals surface area contributed by atoms with E-state index in [0.717, 1.165) is 48.3 Å². The Kier molecular flexibility index (Phi) is 6.68. The SMILES string of the molecule is COc1cc(OCCN2CC(CF)C2)ccc1C1c2ccc(N)c(C=N)c2CCN1CC1(F)CC1. The van der Waals surface area contributed by atoms with E-state index in [0.29, 0.717) is 49.7 Å². The van der Waals surface area contributed by atoms with Crippen LogP contribution in [-0.2, 0) is 6.42 Å². The lowest BCUT2D eigenvalue weighted by atomic mass is 9.84. The maximum absolute atomic E-state index is 14.9. The van der Waals surface area contributed by atoms with Crippen molar-refractivity contribution in [2.24, 2.45) is 5.92 Å². The predicted octanol–water partition coefficient (Wildman–Crippen LogP) is 4.00. The molecule has 3 aliphatic rings. The quantitative estimate of drug-likeness (QED) is 0.394. The lowest BCUT2D eigenvalue weighted by molar-refractivity contribution is 0.0668. The molecule has 1 saturated heterocycles. The summed E-state index contributed by atoms with van der Waals surface area (Å²) < 4.78 is 39.3. The number of anilines is 1. The molecule has 0 amide bonds. The molecule has 0 bridgehead atoms. The van der Waals surface area contributed by atoms with E-state index in [9.17, 15) is 8.78 Å². The predicted molar refractivity (Wildman–Crippen MR) is 133 cm³/mol. The molecule has 3 N–H and O–H groups in total. The number of rotatable bonds is 10. The van der Waals surface area contributed by atoms with Gasteiger partial charge in [0, 0.05) is 67.7 Å². The summed E-state index contributed by atoms with van der Waals surface area (Å²) in [4.78, 5) is 4.38. The average molecular weight is 485 g/mol. The maximum atomic E-state index is 14.9. The number of likely N-dealkylation sites (tertiary alicyclic amines) is 1. The van der Waals surface area contributed by atoms with Gasteiger partial charge in [-0.15, -0.1) is 0 Å². The number of nitrogens with zero attached hydrogens (tertiary/aromatic N) is 2. The number of benzene rings is 2. The van der Waals surface area contributed by atoms with Crippen LogP contribution in [0.3, 0.4) is 0 Å². The van der Waals surface area contributed by atoms with Crippen molar-refractivity contribution in [1.29, 1.82) is 5.41 Å². The fourth-order valence-electron chi connectivity index (χ4n) is 5.44. The summed E-state index contributed by atoms with van der Waals surface area (Å²) in [5, 5.41) is 7.90. The van der Waals surface area contributed by atoms with Gasteiger partial charge >= 0.3 is 0 Å². The standard InChI is InChI=1S/C27H34F2N4O2/c1-34-25-12-19(35-11-10-32-15-18(13-28)16-32)2-3-22(25)26-21-4-5-24(31)23(14-30)20(21)6-9-33(26)17-27(29)7-8-27/h2-5,12,14,18,26,30H,6-11,13,15-17,31H2,1H3. The van der Waals surface area contributed by atoms with E-state index in [1.807, 2.05) is 30.3 Å². The number of methoxy groups -OCH3 is 1. The first-order valence-electron chi connectivity index (χ1n) is 12.4. The summed E-state index contributed by atoms with van der Waals surface area (Å²) in [6, 6.07) is 9.47. The van der Waals surface area contributed by atoms with Crippen molar-refractivity contribution in [1.82, 2.24) is 9.80 Å². The summed E-state index contributed by atoms with van der Waals surface area (Å²) in [5.74, 6) is 1.56. The molecule has 0 radical (unpaired) electrons. The molecule has 2 aromatic rings. The first-order chi connectivity index (χ1) is 16.9. The molecule has 2 aromatic carbocycles. The monoisotopic (exact) mass is 484 g/mol. The molecule has 2 heterocycles. The zero-order chi connectivity index (χ0) is 24.6. The van der Waals surface area contributed by atoms with Gasteiger partial charge < -0.3 is 20.6 Å². The van der Waals surface area contributed by atoms with Crippen LogP contribution in [0.5, 0.6) is 11.5 Å². The van der Waals surface area contributed by atoms with Crippen LogP contribution in [0.1, 0.15) is 41.1 Å². The van der Waals surface area contributed by atoms with Gasteiger partial charge in [0.1, 0.15) is 23.8 Å². The Bertz CT molecular complexity index is 1090. The van der Waals surface area contributed by atoms with E-state index in [-0.39, 0.29) is 18.6 Å². The van der Waals surface area contributed by atoms with Gasteiger partial charge in [0.15, 0.2) is 0 Å². The number of ether oxygens (including phenoxy) is 2. The lowest BCUT2D eigenvalue weighted by Crippen LogP contribution is -2.49. The van der Waals surface area contributed by atoms with Gasteiger partial charge in [-0.2, -0.15) is 0 Å². The fourth-order valence-corrected chi connectivity index (χ4v) is 5.44. The third-order valence-corrected chi connectivity index (χ3v) is 7.59. The van der Waals surface area contributed by atoms with E-state index in [4.69, 9.17) is 20.6 Å². The van der Waals surface area contributed by atoms with E-state index < -0.39 is 5.67 Å². The van der Waals surface area contributed by atoms with Crippen LogP contribution < -0.4 is 15.2 Å². The van der Waals surface area contributed by atoms with Gasteiger partial charge in [-0.3, -0.25) is 14.2 Å². The van der Waals surface area contributed by atoms with Crippen LogP contribution in [-0.4, -0.2) is 74.8 Å². The number of hydrogen-bond donors (Lipinski definition) is 2. The van der Waals surface area contributed by atoms with Crippen molar-refractivity contribution < 1.29 is 18.3 Å². The maximum Gasteiger partial charge on any atom is 0.127 e. The highest BCUT2D eigenvalue weighted by molar-refractivity contribution is 5.88. The van der Waals surface area contributed by atoms with Crippen LogP contribution in [0.4, 0.5) is 14.5 Å². The molecule has 5 rings (SSSR count). The van der Waals surface area contributed by atoms with Gasteiger partial charge in [-0.05, 0) is 48.6 Å². The molecule has 1 atom stereocenters. The second kappa shape index (κ2) is 9.74. The summed E-state index contributed by atoms with van der Waals surface area (Å²) in [7, 11) is 1.64. The summed E-state index contributed by atoms with van der Waals surface area (Å²) in [6.45, 7) is 3.66. The molecule has 1 unspecified atom stereocenters. The minimum Gasteiger partial charge on any atom is -0.496 e. The van der Waals surface area contributed by atoms with Crippen LogP contribution in [0.15, 0.2) is 30.3 Å². The Morgan fingerprint density at radius 1 is 1.20 bits per heavy atom. The molecule has 2 fully saturated rings. The van der Waals surface area contributed by atoms with E-state index >= 15 is 0 Å². The minimum atomic E-state index is -1.12. The lowest BCUT2D eigenvalue weighted by Gasteiger charge is -2.39. The molecule has 1 saturated carbocycles. The number of nitrogen functional groups attached to an aromatic ring is 1. The van der Waals surface area contributed by atoms with E-state index in [1.54, 1.807) is 7.11 Å². The van der Waals surface area contributed by atoms with Crippen LogP contribution in [0, 0.1) is 11.3 Å². The second-order valence-corrected chi connectivity index (χ2v) is 10.1. The molecular weight excluding hydrogens is 450 g/mol. The highest BCUT2D eigenvalue weighted by atomic mass is 19.1. The van der Waals surface area contributed by atoms with E-state index in [2.05, 4.69) is 9.80 Å². The number of halogens is 2. The summed E-state index contributed by atoms with van der Waals surface area (Å²) in [6.07, 6.45) is 3.24. The topological polar surface area (TPSA) is 74.8 Å². The average Bonchev–Trinajstić information content (AvgIpc) is 3.56. The Hall–Kier alpha value is -2.71. The molecule has 35 heavy (non-hydrogen) atoms. The zero-order valence-electron chi connectivity index (χ0n) is 20.2. The number of hydrogen-bond acceptors (Lipinski definition) is 6. The molecule has 188 valence electrons. The van der Waals surface area contributed by atoms with Crippen LogP contribution in [0.25, 0.3) is 0 Å². The van der Waals surface area contributed by atoms with Gasteiger partial charge in [0.2, 0.25) is 0 Å². The fraction of sp³-hybridized carbons (Fsp3) is 0.519. The number of fused-ring (bicyclic) bond motifs is 1. The van der Waals surface area contributed by atoms with Crippen molar-refractivity contribution in [2.75, 3.05) is 58.8 Å². The minimum absolute atomic E-state index is 0.165. The molecule has 6 nitrogen and oxygen atoms in total. The zero-order valence-corrected chi connectivity index (χ0v) is 20.2. The second-order valence-electron chi connectivity index (χ2n) is 10.1. The Labute approximate surface area is 205 Å². The van der Waals surface area contributed by atoms with Crippen molar-refractivity contribution in [3.8, 4) is 11.5 Å². The molecular formula is C27H34F2N4O2. The van der Waals surface area contributed by atoms with Crippen LogP contribution in [0.2, 0.25) is 0 Å². The number of nitrogens with one attached hydrogen (secondary N) is 1. The molecule has 8 heteroatoms. The Balaban J connectivity index is 1.41. The smallest absolute Gasteiger partial charge is 0.127 e. The van der Waals surface area contributed by atoms with Crippen molar-refractivity contribution in [2.45, 2.75) is 31.0 Å². The molecule has 0 aromatic heterocycles. The van der Waals surface area contributed by atoms with E-state index in [1.165, 1.54) is 6.21 Å². The molecule has 1 aliphatic carbocycles. The third kappa shape index (κ3) is 4.86. The normalized spacial score (nSPS) is 21.7. The van der Waals surface area contributed by atoms with Gasteiger partial charge in [-0.1, -0.05) is 6.07 Å². The first-order valence-corrected chi connectivity index (χ1v) is 12.4. The van der Waals surface area contributed by atoms with Crippen molar-refractivity contribution >= 4 is 11.9 Å². The number of nitrogens with two attached hydrogens (primary N) is 1. The molecule has 0 spiro atoms. The van der Waals surface area contributed by atoms with Gasteiger partial charge in [0.25, 0.3) is 0 Å². The first kappa shape index (κ1) is 24.0. The van der Waals surface area contributed by atoms with Gasteiger partial charge in [-0.25, -0.2) is 4.39 Å². The van der Waals surface area contributed by atoms with Crippen LogP contribution >= 0.6 is 0 Å². The number of alkyl halides is 2. The van der Waals surface area contributed by atoms with Gasteiger partial charge in [0.05, 0.1) is 19.8 Å². The third-order valence-electron chi connectivity index (χ3n) is 7.59. The molecule has 2 aliphatic heterocycles. The highest BCUT2D eigenvalue weighted by Crippen LogP contribution is 2.47. The van der Waals surface area contributed by atoms with Crippen molar-refractivity contribution in [3.63, 3.8) is 0 Å². The van der Waals surface area contributed by atoms with Crippen molar-refractivity contribution in [3.05, 3.63) is 52.6 Å². The summed E-state index contributed by atoms with van der Waals surface area (Å²) >= 11 is 0. The highest BCUT2D eigenvalue weighted by Gasteiger charge is 2.47. The Morgan fingerprint density at radius 3 is 2.66 bits per heavy atom. The largest absolute Gasteiger partial charge is 0.496 e. The Morgan fingerprint density at radius 2 is 1.97 bits per heavy atom. The summed E-state index contributed by atoms with van der Waals surface area (Å²) in [5.41, 5.74) is 9.42.